The summed E-state index contributed by atoms with van der Waals surface area (Å²) in [4.78, 5) is 15.0. The Balaban J connectivity index is 2.40. The Morgan fingerprint density at radius 2 is 2.13 bits per heavy atom. The van der Waals surface area contributed by atoms with Crippen molar-refractivity contribution in [2.45, 2.75) is 13.5 Å². The molecule has 0 unspecified atom stereocenters. The molecule has 3 rings (SSSR count). The molecule has 3 heterocycles. The van der Waals surface area contributed by atoms with Crippen LogP contribution in [0, 0.1) is 6.92 Å². The zero-order chi connectivity index (χ0) is 10.7. The van der Waals surface area contributed by atoms with Gasteiger partial charge in [-0.15, -0.1) is 11.3 Å². The summed E-state index contributed by atoms with van der Waals surface area (Å²) >= 11 is 1.78. The highest BCUT2D eigenvalue weighted by atomic mass is 32.1. The molecule has 0 spiro atoms. The quantitative estimate of drug-likeness (QED) is 0.667. The average molecular weight is 220 g/mol. The van der Waals surface area contributed by atoms with Crippen molar-refractivity contribution in [1.82, 2.24) is 9.47 Å². The van der Waals surface area contributed by atoms with Crippen LogP contribution in [-0.2, 0) is 13.6 Å². The summed E-state index contributed by atoms with van der Waals surface area (Å²) in [5.74, 6) is 0.147. The van der Waals surface area contributed by atoms with Crippen molar-refractivity contribution in [3.05, 3.63) is 22.2 Å². The predicted molar refractivity (Wildman–Crippen MR) is 61.3 cm³/mol. The van der Waals surface area contributed by atoms with Gasteiger partial charge in [0.05, 0.1) is 10.2 Å². The van der Waals surface area contributed by atoms with Crippen LogP contribution >= 0.6 is 11.3 Å². The van der Waals surface area contributed by atoms with E-state index in [0.717, 1.165) is 12.2 Å². The summed E-state index contributed by atoms with van der Waals surface area (Å²) < 4.78 is 3.31. The van der Waals surface area contributed by atoms with Gasteiger partial charge in [-0.3, -0.25) is 4.79 Å². The molecule has 1 aliphatic rings. The lowest BCUT2D eigenvalue weighted by molar-refractivity contribution is 0.0809. The lowest BCUT2D eigenvalue weighted by Gasteiger charge is -2.07. The Morgan fingerprint density at radius 1 is 1.40 bits per heavy atom. The molecule has 78 valence electrons. The molecule has 0 atom stereocenters. The highest BCUT2D eigenvalue weighted by Gasteiger charge is 2.31. The van der Waals surface area contributed by atoms with Crippen LogP contribution in [0.15, 0.2) is 6.07 Å². The summed E-state index contributed by atoms with van der Waals surface area (Å²) in [5, 5.41) is 0. The number of nitrogens with zero attached hydrogens (tertiary/aromatic N) is 2. The lowest BCUT2D eigenvalue weighted by Crippen LogP contribution is -2.19. The maximum Gasteiger partial charge on any atom is 0.270 e. The molecule has 0 saturated carbocycles. The number of aromatic nitrogens is 1. The van der Waals surface area contributed by atoms with E-state index in [-0.39, 0.29) is 5.91 Å². The Morgan fingerprint density at radius 3 is 2.87 bits per heavy atom. The third-order valence-corrected chi connectivity index (χ3v) is 4.14. The smallest absolute Gasteiger partial charge is 0.270 e. The minimum atomic E-state index is 0.147. The molecule has 15 heavy (non-hydrogen) atoms. The number of amides is 1. The van der Waals surface area contributed by atoms with Crippen molar-refractivity contribution in [2.24, 2.45) is 7.05 Å². The van der Waals surface area contributed by atoms with Crippen molar-refractivity contribution in [1.29, 1.82) is 0 Å². The zero-order valence-corrected chi connectivity index (χ0v) is 9.81. The highest BCUT2D eigenvalue weighted by Crippen LogP contribution is 2.36. The maximum atomic E-state index is 11.9. The van der Waals surface area contributed by atoms with Crippen molar-refractivity contribution >= 4 is 27.5 Å². The van der Waals surface area contributed by atoms with E-state index in [9.17, 15) is 4.79 Å². The largest absolute Gasteiger partial charge is 0.339 e. The van der Waals surface area contributed by atoms with E-state index < -0.39 is 0 Å². The standard InChI is InChI=1S/C11H12N2OS/c1-6-4-8-10(15-6)7-5-12(2)11(14)9(7)13(8)3/h4H,5H2,1-3H3. The second-order valence-corrected chi connectivity index (χ2v) is 5.38. The zero-order valence-electron chi connectivity index (χ0n) is 9.00. The van der Waals surface area contributed by atoms with Gasteiger partial charge in [0.1, 0.15) is 5.69 Å². The predicted octanol–water partition coefficient (Wildman–Crippen LogP) is 2.13. The van der Waals surface area contributed by atoms with Crippen LogP contribution in [0.2, 0.25) is 0 Å². The van der Waals surface area contributed by atoms with Crippen molar-refractivity contribution in [3.63, 3.8) is 0 Å². The fourth-order valence-electron chi connectivity index (χ4n) is 2.31. The fraction of sp³-hybridized carbons (Fsp3) is 0.364. The van der Waals surface area contributed by atoms with E-state index in [4.69, 9.17) is 0 Å². The topological polar surface area (TPSA) is 25.2 Å². The molecule has 2 aromatic heterocycles. The van der Waals surface area contributed by atoms with Crippen LogP contribution in [0.4, 0.5) is 0 Å². The molecule has 1 aliphatic heterocycles. The van der Waals surface area contributed by atoms with Gasteiger partial charge in [0, 0.05) is 31.1 Å². The van der Waals surface area contributed by atoms with E-state index in [1.807, 2.05) is 18.7 Å². The lowest BCUT2D eigenvalue weighted by atomic mass is 10.3. The normalized spacial score (nSPS) is 15.4. The molecule has 0 aliphatic carbocycles. The summed E-state index contributed by atoms with van der Waals surface area (Å²) in [7, 11) is 3.83. The van der Waals surface area contributed by atoms with Gasteiger partial charge in [0.2, 0.25) is 0 Å². The molecule has 0 radical (unpaired) electrons. The number of fused-ring (bicyclic) bond motifs is 3. The van der Waals surface area contributed by atoms with Crippen LogP contribution in [0.5, 0.6) is 0 Å². The number of carbonyl (C=O) groups is 1. The monoisotopic (exact) mass is 220 g/mol. The van der Waals surface area contributed by atoms with Gasteiger partial charge in [0.15, 0.2) is 0 Å². The van der Waals surface area contributed by atoms with Gasteiger partial charge in [-0.1, -0.05) is 0 Å². The number of thiophene rings is 1. The first-order valence-electron chi connectivity index (χ1n) is 4.92. The van der Waals surface area contributed by atoms with Gasteiger partial charge in [-0.05, 0) is 13.0 Å². The second kappa shape index (κ2) is 2.64. The second-order valence-electron chi connectivity index (χ2n) is 4.12. The summed E-state index contributed by atoms with van der Waals surface area (Å²) in [6.45, 7) is 2.86. The first-order chi connectivity index (χ1) is 7.09. The molecule has 2 aromatic rings. The summed E-state index contributed by atoms with van der Waals surface area (Å²) in [5.41, 5.74) is 3.28. The first kappa shape index (κ1) is 8.97. The van der Waals surface area contributed by atoms with E-state index >= 15 is 0 Å². The molecule has 0 fully saturated rings. The molecule has 1 amide bonds. The van der Waals surface area contributed by atoms with Crippen LogP contribution in [-0.4, -0.2) is 22.4 Å². The Labute approximate surface area is 91.9 Å². The summed E-state index contributed by atoms with van der Waals surface area (Å²) in [6.07, 6.45) is 0. The Bertz CT molecular complexity index is 579. The van der Waals surface area contributed by atoms with Crippen LogP contribution in [0.25, 0.3) is 10.2 Å². The van der Waals surface area contributed by atoms with Gasteiger partial charge in [-0.25, -0.2) is 0 Å². The van der Waals surface area contributed by atoms with Crippen LogP contribution in [0.1, 0.15) is 20.9 Å². The summed E-state index contributed by atoms with van der Waals surface area (Å²) in [6, 6.07) is 2.16. The molecular weight excluding hydrogens is 208 g/mol. The highest BCUT2D eigenvalue weighted by molar-refractivity contribution is 7.19. The Hall–Kier alpha value is -1.29. The minimum Gasteiger partial charge on any atom is -0.339 e. The molecule has 4 heteroatoms. The third-order valence-electron chi connectivity index (χ3n) is 3.04. The first-order valence-corrected chi connectivity index (χ1v) is 5.74. The average Bonchev–Trinajstić information content (AvgIpc) is 2.74. The van der Waals surface area contributed by atoms with Gasteiger partial charge in [-0.2, -0.15) is 0 Å². The Kier molecular flexibility index (Phi) is 1.58. The van der Waals surface area contributed by atoms with E-state index in [1.165, 1.54) is 20.7 Å². The number of rotatable bonds is 0. The van der Waals surface area contributed by atoms with Gasteiger partial charge >= 0.3 is 0 Å². The number of hydrogen-bond donors (Lipinski definition) is 0. The van der Waals surface area contributed by atoms with E-state index in [1.54, 1.807) is 16.2 Å². The molecular formula is C11H12N2OS. The molecule has 0 saturated heterocycles. The van der Waals surface area contributed by atoms with Gasteiger partial charge in [0.25, 0.3) is 5.91 Å². The van der Waals surface area contributed by atoms with Crippen LogP contribution < -0.4 is 0 Å². The third kappa shape index (κ3) is 0.973. The van der Waals surface area contributed by atoms with Crippen molar-refractivity contribution < 1.29 is 4.79 Å². The van der Waals surface area contributed by atoms with E-state index in [0.29, 0.717) is 0 Å². The minimum absolute atomic E-state index is 0.147. The van der Waals surface area contributed by atoms with Crippen LogP contribution in [0.3, 0.4) is 0 Å². The molecule has 0 N–H and O–H groups in total. The number of carbonyl (C=O) groups excluding carboxylic acids is 1. The molecule has 0 bridgehead atoms. The van der Waals surface area contributed by atoms with Gasteiger partial charge < -0.3 is 9.47 Å². The SMILES string of the molecule is Cc1cc2c(s1)c1c(n2C)C(=O)N(C)C1. The fourth-order valence-corrected chi connectivity index (χ4v) is 3.38. The maximum absolute atomic E-state index is 11.9. The van der Waals surface area contributed by atoms with E-state index in [2.05, 4.69) is 13.0 Å². The molecule has 3 nitrogen and oxygen atoms in total. The molecule has 0 aromatic carbocycles. The number of aryl methyl sites for hydroxylation is 2. The van der Waals surface area contributed by atoms with Crippen molar-refractivity contribution in [2.75, 3.05) is 7.05 Å². The van der Waals surface area contributed by atoms with Crippen molar-refractivity contribution in [3.8, 4) is 0 Å². The number of hydrogen-bond acceptors (Lipinski definition) is 2.